The summed E-state index contributed by atoms with van der Waals surface area (Å²) in [7, 11) is 0. The molecular formula is C9H19N3O2. The first-order valence-electron chi connectivity index (χ1n) is 5.00. The Morgan fingerprint density at radius 1 is 1.79 bits per heavy atom. The van der Waals surface area contributed by atoms with Crippen molar-refractivity contribution in [2.75, 3.05) is 19.8 Å². The summed E-state index contributed by atoms with van der Waals surface area (Å²) >= 11 is 0. The lowest BCUT2D eigenvalue weighted by Crippen LogP contribution is -2.34. The topological polar surface area (TPSA) is 79.9 Å². The quantitative estimate of drug-likeness (QED) is 0.256. The molecule has 0 aromatic carbocycles. The molecule has 82 valence electrons. The van der Waals surface area contributed by atoms with Crippen LogP contribution in [0.15, 0.2) is 5.16 Å². The number of rotatable bonds is 5. The maximum atomic E-state index is 8.38. The van der Waals surface area contributed by atoms with Crippen molar-refractivity contribution in [1.82, 2.24) is 5.32 Å². The van der Waals surface area contributed by atoms with Gasteiger partial charge < -0.3 is 21.0 Å². The lowest BCUT2D eigenvalue weighted by molar-refractivity contribution is 0.184. The normalized spacial score (nSPS) is 25.2. The van der Waals surface area contributed by atoms with Crippen molar-refractivity contribution in [3.63, 3.8) is 0 Å². The highest BCUT2D eigenvalue weighted by Crippen LogP contribution is 2.10. The highest BCUT2D eigenvalue weighted by molar-refractivity contribution is 5.80. The maximum absolute atomic E-state index is 8.38. The van der Waals surface area contributed by atoms with Gasteiger partial charge >= 0.3 is 0 Å². The van der Waals surface area contributed by atoms with Gasteiger partial charge in [-0.05, 0) is 19.3 Å². The highest BCUT2D eigenvalue weighted by atomic mass is 16.5. The maximum Gasteiger partial charge on any atom is 0.140 e. The van der Waals surface area contributed by atoms with E-state index in [-0.39, 0.29) is 11.9 Å². The molecule has 14 heavy (non-hydrogen) atoms. The number of nitrogens with two attached hydrogens (primary N) is 1. The van der Waals surface area contributed by atoms with E-state index in [2.05, 4.69) is 10.5 Å². The number of oxime groups is 1. The second kappa shape index (κ2) is 5.82. The minimum absolute atomic E-state index is 0.242. The first-order chi connectivity index (χ1) is 6.72. The third-order valence-electron chi connectivity index (χ3n) is 2.42. The molecule has 1 heterocycles. The van der Waals surface area contributed by atoms with Crippen molar-refractivity contribution < 1.29 is 9.94 Å². The van der Waals surface area contributed by atoms with Crippen LogP contribution in [0, 0.1) is 5.92 Å². The fourth-order valence-electron chi connectivity index (χ4n) is 1.54. The van der Waals surface area contributed by atoms with Crippen LogP contribution < -0.4 is 11.1 Å². The monoisotopic (exact) mass is 201 g/mol. The van der Waals surface area contributed by atoms with E-state index < -0.39 is 0 Å². The molecule has 0 aliphatic carbocycles. The van der Waals surface area contributed by atoms with Crippen LogP contribution in [0.3, 0.4) is 0 Å². The number of hydrogen-bond donors (Lipinski definition) is 3. The van der Waals surface area contributed by atoms with E-state index in [9.17, 15) is 0 Å². The molecule has 1 fully saturated rings. The number of ether oxygens (including phenoxy) is 1. The summed E-state index contributed by atoms with van der Waals surface area (Å²) in [6, 6.07) is 0.242. The molecule has 5 heteroatoms. The number of nitrogens with one attached hydrogen (secondary N) is 1. The zero-order valence-corrected chi connectivity index (χ0v) is 8.57. The smallest absolute Gasteiger partial charge is 0.140 e. The average molecular weight is 201 g/mol. The molecular weight excluding hydrogens is 182 g/mol. The van der Waals surface area contributed by atoms with Crippen molar-refractivity contribution in [3.8, 4) is 0 Å². The van der Waals surface area contributed by atoms with E-state index in [4.69, 9.17) is 15.7 Å². The van der Waals surface area contributed by atoms with E-state index in [1.165, 1.54) is 0 Å². The van der Waals surface area contributed by atoms with Crippen molar-refractivity contribution in [2.45, 2.75) is 25.8 Å². The largest absolute Gasteiger partial charge is 0.409 e. The van der Waals surface area contributed by atoms with Gasteiger partial charge in [0.15, 0.2) is 0 Å². The highest BCUT2D eigenvalue weighted by Gasteiger charge is 2.16. The number of hydrogen-bond acceptors (Lipinski definition) is 4. The minimum atomic E-state index is 0.242. The summed E-state index contributed by atoms with van der Waals surface area (Å²) in [5.41, 5.74) is 5.39. The Balaban J connectivity index is 2.10. The Labute approximate surface area is 84.3 Å². The number of nitrogens with zero attached hydrogens (tertiary/aromatic N) is 1. The van der Waals surface area contributed by atoms with Crippen molar-refractivity contribution >= 4 is 5.84 Å². The van der Waals surface area contributed by atoms with Crippen LogP contribution >= 0.6 is 0 Å². The summed E-state index contributed by atoms with van der Waals surface area (Å²) in [6.07, 6.45) is 1.70. The van der Waals surface area contributed by atoms with E-state index in [0.29, 0.717) is 12.3 Å². The molecule has 0 amide bonds. The second-order valence-electron chi connectivity index (χ2n) is 3.83. The van der Waals surface area contributed by atoms with Crippen LogP contribution in [0.25, 0.3) is 0 Å². The fraction of sp³-hybridized carbons (Fsp3) is 0.889. The van der Waals surface area contributed by atoms with Gasteiger partial charge in [0.2, 0.25) is 0 Å². The van der Waals surface area contributed by atoms with Gasteiger partial charge in [-0.3, -0.25) is 0 Å². The predicted octanol–water partition coefficient (Wildman–Crippen LogP) is 0.138. The van der Waals surface area contributed by atoms with Crippen LogP contribution in [0.1, 0.15) is 19.8 Å². The molecule has 0 aromatic rings. The molecule has 0 bridgehead atoms. The first-order valence-corrected chi connectivity index (χ1v) is 5.00. The molecule has 1 aliphatic heterocycles. The van der Waals surface area contributed by atoms with Gasteiger partial charge in [0, 0.05) is 25.6 Å². The van der Waals surface area contributed by atoms with Crippen molar-refractivity contribution in [3.05, 3.63) is 0 Å². The van der Waals surface area contributed by atoms with E-state index >= 15 is 0 Å². The Morgan fingerprint density at radius 2 is 2.57 bits per heavy atom. The molecule has 2 unspecified atom stereocenters. The summed E-state index contributed by atoms with van der Waals surface area (Å²) in [5.74, 6) is 0.886. The molecule has 1 saturated heterocycles. The van der Waals surface area contributed by atoms with Gasteiger partial charge in [-0.1, -0.05) is 5.16 Å². The third-order valence-corrected chi connectivity index (χ3v) is 2.42. The summed E-state index contributed by atoms with van der Waals surface area (Å²) < 4.78 is 5.26. The van der Waals surface area contributed by atoms with E-state index in [0.717, 1.165) is 26.2 Å². The fourth-order valence-corrected chi connectivity index (χ4v) is 1.54. The van der Waals surface area contributed by atoms with Gasteiger partial charge in [0.1, 0.15) is 5.84 Å². The van der Waals surface area contributed by atoms with Crippen LogP contribution in [-0.2, 0) is 4.74 Å². The zero-order chi connectivity index (χ0) is 10.4. The van der Waals surface area contributed by atoms with Crippen LogP contribution in [0.4, 0.5) is 0 Å². The van der Waals surface area contributed by atoms with E-state index in [1.54, 1.807) is 0 Å². The molecule has 0 aromatic heterocycles. The Hall–Kier alpha value is -0.810. The average Bonchev–Trinajstić information content (AvgIpc) is 2.67. The van der Waals surface area contributed by atoms with Crippen LogP contribution in [-0.4, -0.2) is 36.8 Å². The minimum Gasteiger partial charge on any atom is -0.409 e. The Kier molecular flexibility index (Phi) is 4.69. The van der Waals surface area contributed by atoms with Gasteiger partial charge in [-0.15, -0.1) is 0 Å². The number of amidine groups is 1. The summed E-state index contributed by atoms with van der Waals surface area (Å²) in [5, 5.41) is 14.7. The summed E-state index contributed by atoms with van der Waals surface area (Å²) in [6.45, 7) is 4.69. The van der Waals surface area contributed by atoms with Crippen molar-refractivity contribution in [2.24, 2.45) is 16.8 Å². The SMILES string of the molecule is CC(CC(N)=NO)NCC1CCOC1. The molecule has 0 spiro atoms. The van der Waals surface area contributed by atoms with Gasteiger partial charge in [0.05, 0.1) is 6.61 Å². The lowest BCUT2D eigenvalue weighted by Gasteiger charge is -2.15. The molecule has 0 saturated carbocycles. The molecule has 2 atom stereocenters. The van der Waals surface area contributed by atoms with Gasteiger partial charge in [0.25, 0.3) is 0 Å². The Morgan fingerprint density at radius 3 is 3.14 bits per heavy atom. The second-order valence-corrected chi connectivity index (χ2v) is 3.83. The Bertz CT molecular complexity index is 190. The zero-order valence-electron chi connectivity index (χ0n) is 8.57. The molecule has 1 aliphatic rings. The van der Waals surface area contributed by atoms with Crippen molar-refractivity contribution in [1.29, 1.82) is 0 Å². The third kappa shape index (κ3) is 3.93. The summed E-state index contributed by atoms with van der Waals surface area (Å²) in [4.78, 5) is 0. The molecule has 5 nitrogen and oxygen atoms in total. The standard InChI is InChI=1S/C9H19N3O2/c1-7(4-9(10)12-13)11-5-8-2-3-14-6-8/h7-8,11,13H,2-6H2,1H3,(H2,10,12). The van der Waals surface area contributed by atoms with Gasteiger partial charge in [-0.25, -0.2) is 0 Å². The van der Waals surface area contributed by atoms with Crippen LogP contribution in [0.5, 0.6) is 0 Å². The lowest BCUT2D eigenvalue weighted by atomic mass is 10.1. The molecule has 1 rings (SSSR count). The molecule has 0 radical (unpaired) electrons. The first kappa shape index (κ1) is 11.3. The van der Waals surface area contributed by atoms with Gasteiger partial charge in [-0.2, -0.15) is 0 Å². The predicted molar refractivity (Wildman–Crippen MR) is 54.4 cm³/mol. The van der Waals surface area contributed by atoms with Crippen LogP contribution in [0.2, 0.25) is 0 Å². The molecule has 4 N–H and O–H groups in total. The van der Waals surface area contributed by atoms with E-state index in [1.807, 2.05) is 6.92 Å².